The highest BCUT2D eigenvalue weighted by atomic mass is 16.3. The summed E-state index contributed by atoms with van der Waals surface area (Å²) in [6.45, 7) is 4.67. The van der Waals surface area contributed by atoms with Gasteiger partial charge >= 0.3 is 0 Å². The van der Waals surface area contributed by atoms with Crippen LogP contribution in [0.25, 0.3) is 0 Å². The van der Waals surface area contributed by atoms with Gasteiger partial charge in [-0.1, -0.05) is 6.08 Å². The van der Waals surface area contributed by atoms with Crippen LogP contribution in [0.5, 0.6) is 0 Å². The van der Waals surface area contributed by atoms with Gasteiger partial charge in [-0.05, 0) is 26.4 Å². The van der Waals surface area contributed by atoms with Crippen molar-refractivity contribution in [2.45, 2.75) is 25.0 Å². The van der Waals surface area contributed by atoms with Gasteiger partial charge in [-0.3, -0.25) is 0 Å². The minimum absolute atomic E-state index is 0.317. The van der Waals surface area contributed by atoms with Crippen LogP contribution in [0.3, 0.4) is 0 Å². The van der Waals surface area contributed by atoms with E-state index in [9.17, 15) is 5.11 Å². The van der Waals surface area contributed by atoms with Crippen LogP contribution < -0.4 is 0 Å². The van der Waals surface area contributed by atoms with Crippen molar-refractivity contribution in [3.05, 3.63) is 12.7 Å². The molecule has 2 heteroatoms. The molecule has 2 atom stereocenters. The summed E-state index contributed by atoms with van der Waals surface area (Å²) in [7, 11) is 2.05. The topological polar surface area (TPSA) is 23.5 Å². The molecule has 0 aliphatic carbocycles. The quantitative estimate of drug-likeness (QED) is 0.570. The second-order valence-corrected chi connectivity index (χ2v) is 2.92. The SMILES string of the molecule is C=C[C@@H](O)[C@@H]1CCCN1C. The van der Waals surface area contributed by atoms with Crippen molar-refractivity contribution in [3.63, 3.8) is 0 Å². The molecule has 0 bridgehead atoms. The molecule has 1 aliphatic heterocycles. The van der Waals surface area contributed by atoms with Crippen LogP contribution in [-0.2, 0) is 0 Å². The van der Waals surface area contributed by atoms with Crippen LogP contribution in [0, 0.1) is 0 Å². The number of hydrogen-bond acceptors (Lipinski definition) is 2. The molecule has 1 saturated heterocycles. The van der Waals surface area contributed by atoms with E-state index < -0.39 is 0 Å². The number of aliphatic hydroxyl groups excluding tert-OH is 1. The van der Waals surface area contributed by atoms with Crippen molar-refractivity contribution in [2.75, 3.05) is 13.6 Å². The summed E-state index contributed by atoms with van der Waals surface area (Å²) in [6.07, 6.45) is 3.58. The van der Waals surface area contributed by atoms with Gasteiger partial charge in [0, 0.05) is 6.04 Å². The molecule has 0 radical (unpaired) electrons. The molecule has 1 rings (SSSR count). The molecular formula is C8H15NO. The lowest BCUT2D eigenvalue weighted by Gasteiger charge is -2.22. The van der Waals surface area contributed by atoms with Crippen LogP contribution >= 0.6 is 0 Å². The van der Waals surface area contributed by atoms with Crippen molar-refractivity contribution < 1.29 is 5.11 Å². The largest absolute Gasteiger partial charge is 0.387 e. The zero-order valence-electron chi connectivity index (χ0n) is 6.45. The maximum atomic E-state index is 9.37. The van der Waals surface area contributed by atoms with Gasteiger partial charge in [0.25, 0.3) is 0 Å². The lowest BCUT2D eigenvalue weighted by molar-refractivity contribution is 0.123. The molecule has 0 unspecified atom stereocenters. The second kappa shape index (κ2) is 3.17. The van der Waals surface area contributed by atoms with Gasteiger partial charge in [0.05, 0.1) is 6.10 Å². The molecule has 1 heterocycles. The van der Waals surface area contributed by atoms with E-state index >= 15 is 0 Å². The fraction of sp³-hybridized carbons (Fsp3) is 0.750. The van der Waals surface area contributed by atoms with Crippen LogP contribution in [-0.4, -0.2) is 35.7 Å². The van der Waals surface area contributed by atoms with E-state index in [2.05, 4.69) is 11.5 Å². The van der Waals surface area contributed by atoms with E-state index in [1.54, 1.807) is 6.08 Å². The molecule has 2 nitrogen and oxygen atoms in total. The summed E-state index contributed by atoms with van der Waals surface area (Å²) < 4.78 is 0. The first-order valence-electron chi connectivity index (χ1n) is 3.76. The molecule has 0 aromatic carbocycles. The highest BCUT2D eigenvalue weighted by molar-refractivity contribution is 4.92. The number of hydrogen-bond donors (Lipinski definition) is 1. The van der Waals surface area contributed by atoms with Crippen LogP contribution in [0.15, 0.2) is 12.7 Å². The Bertz CT molecular complexity index is 124. The van der Waals surface area contributed by atoms with Crippen LogP contribution in [0.1, 0.15) is 12.8 Å². The van der Waals surface area contributed by atoms with E-state index in [0.29, 0.717) is 6.04 Å². The molecule has 0 amide bonds. The first-order valence-corrected chi connectivity index (χ1v) is 3.76. The molecule has 0 aromatic rings. The Morgan fingerprint density at radius 1 is 1.80 bits per heavy atom. The Labute approximate surface area is 62.2 Å². The maximum absolute atomic E-state index is 9.37. The van der Waals surface area contributed by atoms with E-state index in [-0.39, 0.29) is 6.10 Å². The van der Waals surface area contributed by atoms with Crippen molar-refractivity contribution >= 4 is 0 Å². The Morgan fingerprint density at radius 2 is 2.50 bits per heavy atom. The lowest BCUT2D eigenvalue weighted by Crippen LogP contribution is -2.34. The fourth-order valence-electron chi connectivity index (χ4n) is 1.52. The smallest absolute Gasteiger partial charge is 0.0873 e. The molecular weight excluding hydrogens is 126 g/mol. The van der Waals surface area contributed by atoms with Gasteiger partial charge in [0.1, 0.15) is 0 Å². The minimum Gasteiger partial charge on any atom is -0.387 e. The third-order valence-corrected chi connectivity index (χ3v) is 2.21. The third kappa shape index (κ3) is 1.39. The molecule has 10 heavy (non-hydrogen) atoms. The predicted octanol–water partition coefficient (Wildman–Crippen LogP) is 0.627. The van der Waals surface area contributed by atoms with Gasteiger partial charge < -0.3 is 10.0 Å². The lowest BCUT2D eigenvalue weighted by atomic mass is 10.1. The van der Waals surface area contributed by atoms with Crippen molar-refractivity contribution in [1.29, 1.82) is 0 Å². The number of rotatable bonds is 2. The molecule has 0 aromatic heterocycles. The number of likely N-dealkylation sites (N-methyl/N-ethyl adjacent to an activating group) is 1. The average Bonchev–Trinajstić information content (AvgIpc) is 2.34. The Kier molecular flexibility index (Phi) is 2.46. The summed E-state index contributed by atoms with van der Waals surface area (Å²) in [4.78, 5) is 2.19. The van der Waals surface area contributed by atoms with E-state index in [1.165, 1.54) is 6.42 Å². The van der Waals surface area contributed by atoms with Crippen molar-refractivity contribution in [3.8, 4) is 0 Å². The van der Waals surface area contributed by atoms with E-state index in [4.69, 9.17) is 0 Å². The monoisotopic (exact) mass is 141 g/mol. The van der Waals surface area contributed by atoms with Gasteiger partial charge in [0.2, 0.25) is 0 Å². The average molecular weight is 141 g/mol. The van der Waals surface area contributed by atoms with Crippen LogP contribution in [0.2, 0.25) is 0 Å². The summed E-state index contributed by atoms with van der Waals surface area (Å²) >= 11 is 0. The predicted molar refractivity (Wildman–Crippen MR) is 41.9 cm³/mol. The molecule has 1 N–H and O–H groups in total. The van der Waals surface area contributed by atoms with Gasteiger partial charge in [-0.25, -0.2) is 0 Å². The number of aliphatic hydroxyl groups is 1. The number of nitrogens with zero attached hydrogens (tertiary/aromatic N) is 1. The third-order valence-electron chi connectivity index (χ3n) is 2.21. The Morgan fingerprint density at radius 3 is 2.90 bits per heavy atom. The summed E-state index contributed by atoms with van der Waals surface area (Å²) in [5.74, 6) is 0. The van der Waals surface area contributed by atoms with Gasteiger partial charge in [-0.2, -0.15) is 0 Å². The van der Waals surface area contributed by atoms with Crippen molar-refractivity contribution in [2.24, 2.45) is 0 Å². The summed E-state index contributed by atoms with van der Waals surface area (Å²) in [5.41, 5.74) is 0. The fourth-order valence-corrected chi connectivity index (χ4v) is 1.52. The maximum Gasteiger partial charge on any atom is 0.0873 e. The molecule has 1 aliphatic rings. The van der Waals surface area contributed by atoms with E-state index in [0.717, 1.165) is 13.0 Å². The molecule has 58 valence electrons. The van der Waals surface area contributed by atoms with Gasteiger partial charge in [-0.15, -0.1) is 6.58 Å². The highest BCUT2D eigenvalue weighted by Gasteiger charge is 2.25. The first kappa shape index (κ1) is 7.76. The van der Waals surface area contributed by atoms with Gasteiger partial charge in [0.15, 0.2) is 0 Å². The Hall–Kier alpha value is -0.340. The first-order chi connectivity index (χ1) is 4.75. The molecule has 0 saturated carbocycles. The highest BCUT2D eigenvalue weighted by Crippen LogP contribution is 2.17. The standard InChI is InChI=1S/C8H15NO/c1-3-8(10)7-5-4-6-9(7)2/h3,7-8,10H,1,4-6H2,2H3/t7-,8+/m0/s1. The number of likely N-dealkylation sites (tertiary alicyclic amines) is 1. The summed E-state index contributed by atoms with van der Waals surface area (Å²) in [5, 5.41) is 9.37. The van der Waals surface area contributed by atoms with E-state index in [1.807, 2.05) is 7.05 Å². The zero-order valence-corrected chi connectivity index (χ0v) is 6.45. The second-order valence-electron chi connectivity index (χ2n) is 2.92. The van der Waals surface area contributed by atoms with Crippen LogP contribution in [0.4, 0.5) is 0 Å². The zero-order chi connectivity index (χ0) is 7.56. The summed E-state index contributed by atoms with van der Waals surface area (Å²) in [6, 6.07) is 0.317. The van der Waals surface area contributed by atoms with Crippen molar-refractivity contribution in [1.82, 2.24) is 4.90 Å². The normalized spacial score (nSPS) is 30.4. The minimum atomic E-state index is -0.340. The molecule has 1 fully saturated rings. The Balaban J connectivity index is 2.46. The molecule has 0 spiro atoms.